The Labute approximate surface area is 147 Å². The summed E-state index contributed by atoms with van der Waals surface area (Å²) in [5.41, 5.74) is 1.43. The van der Waals surface area contributed by atoms with Crippen molar-refractivity contribution in [2.45, 2.75) is 58.6 Å². The summed E-state index contributed by atoms with van der Waals surface area (Å²) in [6.07, 6.45) is 2.64. The minimum Gasteiger partial charge on any atom is -0.444 e. The lowest BCUT2D eigenvalue weighted by Gasteiger charge is -2.30. The summed E-state index contributed by atoms with van der Waals surface area (Å²) < 4.78 is 5.41. The molecule has 0 aliphatic carbocycles. The van der Waals surface area contributed by atoms with Crippen molar-refractivity contribution in [3.63, 3.8) is 0 Å². The number of H-pyrrole nitrogens is 1. The maximum atomic E-state index is 12.3. The second kappa shape index (κ2) is 8.33. The Bertz CT molecular complexity index is 606. The topological polar surface area (TPSA) is 108 Å². The van der Waals surface area contributed by atoms with E-state index in [4.69, 9.17) is 9.84 Å². The van der Waals surface area contributed by atoms with Crippen LogP contribution in [0.2, 0.25) is 0 Å². The maximum absolute atomic E-state index is 12.3. The zero-order valence-electron chi connectivity index (χ0n) is 15.2. The van der Waals surface area contributed by atoms with Crippen LogP contribution < -0.4 is 5.32 Å². The number of nitrogens with zero attached hydrogens (tertiary/aromatic N) is 2. The summed E-state index contributed by atoms with van der Waals surface area (Å²) in [5, 5.41) is 18.6. The number of rotatable bonds is 6. The van der Waals surface area contributed by atoms with Crippen molar-refractivity contribution in [2.75, 3.05) is 19.7 Å². The number of aliphatic hydroxyl groups is 1. The lowest BCUT2D eigenvalue weighted by atomic mass is 10.1. The number of aromatic amines is 1. The van der Waals surface area contributed by atoms with E-state index < -0.39 is 5.60 Å². The van der Waals surface area contributed by atoms with E-state index in [1.165, 1.54) is 0 Å². The van der Waals surface area contributed by atoms with Gasteiger partial charge in [0.1, 0.15) is 5.60 Å². The minimum atomic E-state index is -0.553. The molecule has 1 aromatic heterocycles. The van der Waals surface area contributed by atoms with Gasteiger partial charge in [0.2, 0.25) is 0 Å². The number of fused-ring (bicyclic) bond motifs is 1. The first-order chi connectivity index (χ1) is 11.8. The van der Waals surface area contributed by atoms with Gasteiger partial charge in [-0.05, 0) is 40.0 Å². The molecule has 0 radical (unpaired) electrons. The molecular formula is C17H28N4O4. The van der Waals surface area contributed by atoms with Crippen molar-refractivity contribution >= 4 is 12.0 Å². The number of unbranched alkanes of at least 4 members (excludes halogenated alkanes) is 2. The highest BCUT2D eigenvalue weighted by molar-refractivity contribution is 5.94. The van der Waals surface area contributed by atoms with E-state index in [0.717, 1.165) is 30.5 Å². The van der Waals surface area contributed by atoms with Crippen LogP contribution in [0.15, 0.2) is 0 Å². The van der Waals surface area contributed by atoms with E-state index in [-0.39, 0.29) is 18.6 Å². The van der Waals surface area contributed by atoms with Crippen LogP contribution in [0.1, 0.15) is 61.8 Å². The van der Waals surface area contributed by atoms with Gasteiger partial charge in [-0.3, -0.25) is 9.89 Å². The number of carbonyl (C=O) groups excluding carboxylic acids is 2. The standard InChI is InChI=1S/C17H28N4O4/c1-17(2,3)25-16(24)21-9-7-13-12(11-21)14(20-19-13)15(23)18-8-5-4-6-10-22/h22H,4-11H2,1-3H3,(H,18,23)(H,19,20). The summed E-state index contributed by atoms with van der Waals surface area (Å²) in [5.74, 6) is -0.243. The van der Waals surface area contributed by atoms with E-state index >= 15 is 0 Å². The zero-order chi connectivity index (χ0) is 18.4. The Balaban J connectivity index is 1.96. The van der Waals surface area contributed by atoms with Crippen LogP contribution in [0.25, 0.3) is 0 Å². The third-order valence-electron chi connectivity index (χ3n) is 3.92. The van der Waals surface area contributed by atoms with E-state index in [0.29, 0.717) is 31.7 Å². The molecule has 0 unspecified atom stereocenters. The summed E-state index contributed by atoms with van der Waals surface area (Å²) >= 11 is 0. The lowest BCUT2D eigenvalue weighted by molar-refractivity contribution is 0.0222. The highest BCUT2D eigenvalue weighted by Gasteiger charge is 2.30. The molecule has 1 aliphatic rings. The second-order valence-corrected chi connectivity index (χ2v) is 7.22. The fourth-order valence-electron chi connectivity index (χ4n) is 2.66. The van der Waals surface area contributed by atoms with Crippen LogP contribution in [0.4, 0.5) is 4.79 Å². The van der Waals surface area contributed by atoms with Crippen LogP contribution in [0, 0.1) is 0 Å². The number of hydrogen-bond acceptors (Lipinski definition) is 5. The monoisotopic (exact) mass is 352 g/mol. The lowest BCUT2D eigenvalue weighted by Crippen LogP contribution is -2.40. The molecule has 2 rings (SSSR count). The zero-order valence-corrected chi connectivity index (χ0v) is 15.2. The van der Waals surface area contributed by atoms with E-state index in [1.54, 1.807) is 4.90 Å². The number of aliphatic hydroxyl groups excluding tert-OH is 1. The normalized spacial score (nSPS) is 14.2. The van der Waals surface area contributed by atoms with Gasteiger partial charge in [0, 0.05) is 37.4 Å². The third-order valence-corrected chi connectivity index (χ3v) is 3.92. The minimum absolute atomic E-state index is 0.168. The number of hydrogen-bond donors (Lipinski definition) is 3. The first-order valence-corrected chi connectivity index (χ1v) is 8.75. The van der Waals surface area contributed by atoms with Gasteiger partial charge in [0.15, 0.2) is 5.69 Å². The highest BCUT2D eigenvalue weighted by Crippen LogP contribution is 2.22. The molecule has 0 atom stereocenters. The van der Waals surface area contributed by atoms with Gasteiger partial charge in [0.25, 0.3) is 5.91 Å². The van der Waals surface area contributed by atoms with Gasteiger partial charge in [-0.15, -0.1) is 0 Å². The molecule has 0 fully saturated rings. The molecule has 2 amide bonds. The quantitative estimate of drug-likeness (QED) is 0.674. The molecule has 25 heavy (non-hydrogen) atoms. The molecule has 8 heteroatoms. The Morgan fingerprint density at radius 1 is 1.32 bits per heavy atom. The van der Waals surface area contributed by atoms with Crippen LogP contribution in [0.5, 0.6) is 0 Å². The average molecular weight is 352 g/mol. The first-order valence-electron chi connectivity index (χ1n) is 8.75. The number of ether oxygens (including phenoxy) is 1. The smallest absolute Gasteiger partial charge is 0.410 e. The summed E-state index contributed by atoms with van der Waals surface area (Å²) in [6.45, 7) is 7.04. The number of nitrogens with one attached hydrogen (secondary N) is 2. The van der Waals surface area contributed by atoms with E-state index in [2.05, 4.69) is 15.5 Å². The van der Waals surface area contributed by atoms with Crippen LogP contribution in [-0.4, -0.2) is 57.5 Å². The van der Waals surface area contributed by atoms with Crippen molar-refractivity contribution in [3.8, 4) is 0 Å². The molecule has 8 nitrogen and oxygen atoms in total. The van der Waals surface area contributed by atoms with E-state index in [1.807, 2.05) is 20.8 Å². The maximum Gasteiger partial charge on any atom is 0.410 e. The van der Waals surface area contributed by atoms with Gasteiger partial charge >= 0.3 is 6.09 Å². The van der Waals surface area contributed by atoms with Crippen molar-refractivity contribution in [2.24, 2.45) is 0 Å². The summed E-state index contributed by atoms with van der Waals surface area (Å²) in [7, 11) is 0. The second-order valence-electron chi connectivity index (χ2n) is 7.22. The van der Waals surface area contributed by atoms with Crippen molar-refractivity contribution in [1.29, 1.82) is 0 Å². The SMILES string of the molecule is CC(C)(C)OC(=O)N1CCc2[nH]nc(C(=O)NCCCCCO)c2C1. The first kappa shape index (κ1) is 19.2. The largest absolute Gasteiger partial charge is 0.444 e. The fraction of sp³-hybridized carbons (Fsp3) is 0.706. The predicted octanol–water partition coefficient (Wildman–Crippen LogP) is 1.60. The fourth-order valence-corrected chi connectivity index (χ4v) is 2.66. The van der Waals surface area contributed by atoms with Crippen molar-refractivity contribution in [3.05, 3.63) is 17.0 Å². The van der Waals surface area contributed by atoms with Gasteiger partial charge in [-0.25, -0.2) is 4.79 Å². The Morgan fingerprint density at radius 3 is 2.76 bits per heavy atom. The van der Waals surface area contributed by atoms with Crippen LogP contribution >= 0.6 is 0 Å². The molecule has 1 aromatic rings. The highest BCUT2D eigenvalue weighted by atomic mass is 16.6. The summed E-state index contributed by atoms with van der Waals surface area (Å²) in [6, 6.07) is 0. The Hall–Kier alpha value is -2.09. The van der Waals surface area contributed by atoms with Crippen LogP contribution in [0.3, 0.4) is 0 Å². The molecule has 0 spiro atoms. The van der Waals surface area contributed by atoms with Gasteiger partial charge in [-0.1, -0.05) is 0 Å². The molecule has 0 saturated heterocycles. The van der Waals surface area contributed by atoms with Gasteiger partial charge in [-0.2, -0.15) is 5.10 Å². The number of carbonyl (C=O) groups is 2. The number of aromatic nitrogens is 2. The van der Waals surface area contributed by atoms with Crippen LogP contribution in [-0.2, 0) is 17.7 Å². The van der Waals surface area contributed by atoms with Crippen molar-refractivity contribution in [1.82, 2.24) is 20.4 Å². The van der Waals surface area contributed by atoms with E-state index in [9.17, 15) is 9.59 Å². The molecule has 0 aromatic carbocycles. The Morgan fingerprint density at radius 2 is 2.08 bits per heavy atom. The van der Waals surface area contributed by atoms with Gasteiger partial charge < -0.3 is 20.1 Å². The molecule has 0 bridgehead atoms. The van der Waals surface area contributed by atoms with Crippen molar-refractivity contribution < 1.29 is 19.4 Å². The molecule has 140 valence electrons. The molecule has 2 heterocycles. The molecule has 3 N–H and O–H groups in total. The predicted molar refractivity (Wildman–Crippen MR) is 92.2 cm³/mol. The molecule has 0 saturated carbocycles. The third kappa shape index (κ3) is 5.45. The average Bonchev–Trinajstić information content (AvgIpc) is 2.96. The molecule has 1 aliphatic heterocycles. The number of amides is 2. The molecular weight excluding hydrogens is 324 g/mol. The Kier molecular flexibility index (Phi) is 6.41. The summed E-state index contributed by atoms with van der Waals surface area (Å²) in [4.78, 5) is 26.2. The van der Waals surface area contributed by atoms with Gasteiger partial charge in [0.05, 0.1) is 6.54 Å².